The van der Waals surface area contributed by atoms with Crippen LogP contribution in [0.2, 0.25) is 5.02 Å². The summed E-state index contributed by atoms with van der Waals surface area (Å²) in [6, 6.07) is 16.0. The van der Waals surface area contributed by atoms with Crippen molar-refractivity contribution in [2.24, 2.45) is 0 Å². The van der Waals surface area contributed by atoms with Gasteiger partial charge in [-0.1, -0.05) is 28.9 Å². The number of hydrogen-bond donors (Lipinski definition) is 1. The van der Waals surface area contributed by atoms with Crippen LogP contribution in [0.25, 0.3) is 11.3 Å². The van der Waals surface area contributed by atoms with Crippen molar-refractivity contribution in [1.29, 1.82) is 0 Å². The third-order valence-corrected chi connectivity index (χ3v) is 3.82. The molecule has 26 heavy (non-hydrogen) atoms. The van der Waals surface area contributed by atoms with Crippen molar-refractivity contribution in [3.05, 3.63) is 65.3 Å². The molecule has 0 aliphatic heterocycles. The Morgan fingerprint density at radius 2 is 1.96 bits per heavy atom. The highest BCUT2D eigenvalue weighted by Crippen LogP contribution is 2.24. The number of carbonyl (C=O) groups is 1. The molecule has 0 aliphatic carbocycles. The normalized spacial score (nSPS) is 10.4. The number of carbonyl (C=O) groups excluding carboxylic acids is 1. The first-order valence-corrected chi connectivity index (χ1v) is 8.27. The Kier molecular flexibility index (Phi) is 5.76. The van der Waals surface area contributed by atoms with Crippen LogP contribution in [-0.4, -0.2) is 24.8 Å². The van der Waals surface area contributed by atoms with Gasteiger partial charge < -0.3 is 19.3 Å². The van der Waals surface area contributed by atoms with E-state index in [0.717, 1.165) is 11.3 Å². The Morgan fingerprint density at radius 1 is 1.15 bits per heavy atom. The fourth-order valence-electron chi connectivity index (χ4n) is 2.23. The molecule has 0 unspecified atom stereocenters. The van der Waals surface area contributed by atoms with Gasteiger partial charge in [-0.25, -0.2) is 0 Å². The van der Waals surface area contributed by atoms with Crippen LogP contribution in [0.4, 0.5) is 0 Å². The van der Waals surface area contributed by atoms with E-state index in [4.69, 9.17) is 25.6 Å². The van der Waals surface area contributed by atoms with Gasteiger partial charge in [0, 0.05) is 16.7 Å². The monoisotopic (exact) mass is 372 g/mol. The zero-order chi connectivity index (χ0) is 18.4. The second-order valence-electron chi connectivity index (χ2n) is 5.43. The van der Waals surface area contributed by atoms with Gasteiger partial charge in [0.25, 0.3) is 5.91 Å². The van der Waals surface area contributed by atoms with Gasteiger partial charge >= 0.3 is 0 Å². The number of amides is 1. The SMILES string of the molecule is COc1cccc(-c2cc(CNC(=O)COc3ccc(Cl)cc3)no2)c1. The number of methoxy groups -OCH3 is 1. The van der Waals surface area contributed by atoms with Crippen LogP contribution in [0.1, 0.15) is 5.69 Å². The topological polar surface area (TPSA) is 73.6 Å². The number of rotatable bonds is 7. The molecule has 3 aromatic rings. The molecule has 1 amide bonds. The van der Waals surface area contributed by atoms with Crippen LogP contribution >= 0.6 is 11.6 Å². The number of nitrogens with zero attached hydrogens (tertiary/aromatic N) is 1. The number of hydrogen-bond acceptors (Lipinski definition) is 5. The fraction of sp³-hybridized carbons (Fsp3) is 0.158. The molecule has 0 spiro atoms. The van der Waals surface area contributed by atoms with Crippen LogP contribution in [0, 0.1) is 0 Å². The molecule has 0 aliphatic rings. The predicted molar refractivity (Wildman–Crippen MR) is 97.3 cm³/mol. The molecule has 0 radical (unpaired) electrons. The molecule has 0 fully saturated rings. The highest BCUT2D eigenvalue weighted by atomic mass is 35.5. The van der Waals surface area contributed by atoms with E-state index < -0.39 is 0 Å². The maximum atomic E-state index is 11.9. The molecular formula is C19H17ClN2O4. The molecule has 1 aromatic heterocycles. The van der Waals surface area contributed by atoms with E-state index in [1.807, 2.05) is 24.3 Å². The molecule has 2 aromatic carbocycles. The molecule has 0 atom stereocenters. The standard InChI is InChI=1S/C19H17ClN2O4/c1-24-17-4-2-3-13(9-17)18-10-15(22-26-18)11-21-19(23)12-25-16-7-5-14(20)6-8-16/h2-10H,11-12H2,1H3,(H,21,23). The molecule has 1 N–H and O–H groups in total. The third-order valence-electron chi connectivity index (χ3n) is 3.56. The summed E-state index contributed by atoms with van der Waals surface area (Å²) in [5.41, 5.74) is 1.46. The highest BCUT2D eigenvalue weighted by Gasteiger charge is 2.09. The highest BCUT2D eigenvalue weighted by molar-refractivity contribution is 6.30. The summed E-state index contributed by atoms with van der Waals surface area (Å²) in [5, 5.41) is 7.30. The molecule has 6 nitrogen and oxygen atoms in total. The van der Waals surface area contributed by atoms with Crippen LogP contribution in [-0.2, 0) is 11.3 Å². The number of ether oxygens (including phenoxy) is 2. The minimum absolute atomic E-state index is 0.0950. The number of aromatic nitrogens is 1. The summed E-state index contributed by atoms with van der Waals surface area (Å²) in [7, 11) is 1.60. The minimum Gasteiger partial charge on any atom is -0.497 e. The molecule has 1 heterocycles. The van der Waals surface area contributed by atoms with Crippen LogP contribution in [0.5, 0.6) is 11.5 Å². The lowest BCUT2D eigenvalue weighted by molar-refractivity contribution is -0.123. The number of halogens is 1. The van der Waals surface area contributed by atoms with Gasteiger partial charge in [0.05, 0.1) is 13.7 Å². The summed E-state index contributed by atoms with van der Waals surface area (Å²) in [6.45, 7) is 0.151. The van der Waals surface area contributed by atoms with Crippen LogP contribution < -0.4 is 14.8 Å². The summed E-state index contributed by atoms with van der Waals surface area (Å²) < 4.78 is 15.9. The molecule has 0 bridgehead atoms. The first kappa shape index (κ1) is 17.8. The van der Waals surface area contributed by atoms with E-state index in [-0.39, 0.29) is 19.1 Å². The maximum absolute atomic E-state index is 11.9. The summed E-state index contributed by atoms with van der Waals surface area (Å²) >= 11 is 5.80. The first-order valence-electron chi connectivity index (χ1n) is 7.89. The fourth-order valence-corrected chi connectivity index (χ4v) is 2.35. The van der Waals surface area contributed by atoms with E-state index in [1.165, 1.54) is 0 Å². The Hall–Kier alpha value is -2.99. The summed E-state index contributed by atoms with van der Waals surface area (Å²) in [6.07, 6.45) is 0. The quantitative estimate of drug-likeness (QED) is 0.684. The maximum Gasteiger partial charge on any atom is 0.258 e. The lowest BCUT2D eigenvalue weighted by Gasteiger charge is -2.06. The predicted octanol–water partition coefficient (Wildman–Crippen LogP) is 3.70. The molecule has 0 saturated carbocycles. The van der Waals surface area contributed by atoms with Crippen molar-refractivity contribution in [3.63, 3.8) is 0 Å². The molecule has 0 saturated heterocycles. The Bertz CT molecular complexity index is 877. The van der Waals surface area contributed by atoms with E-state index in [1.54, 1.807) is 37.4 Å². The Morgan fingerprint density at radius 3 is 2.73 bits per heavy atom. The minimum atomic E-state index is -0.258. The largest absolute Gasteiger partial charge is 0.497 e. The van der Waals surface area contributed by atoms with Gasteiger partial charge in [0.2, 0.25) is 0 Å². The van der Waals surface area contributed by atoms with E-state index in [2.05, 4.69) is 10.5 Å². The zero-order valence-electron chi connectivity index (χ0n) is 14.1. The van der Waals surface area contributed by atoms with Crippen LogP contribution in [0.15, 0.2) is 59.1 Å². The lowest BCUT2D eigenvalue weighted by atomic mass is 10.1. The second-order valence-corrected chi connectivity index (χ2v) is 5.87. The molecule has 3 rings (SSSR count). The summed E-state index contributed by atoms with van der Waals surface area (Å²) in [5.74, 6) is 1.65. The van der Waals surface area contributed by atoms with Gasteiger partial charge in [0.1, 0.15) is 17.2 Å². The van der Waals surface area contributed by atoms with Crippen molar-refractivity contribution < 1.29 is 18.8 Å². The molecular weight excluding hydrogens is 356 g/mol. The lowest BCUT2D eigenvalue weighted by Crippen LogP contribution is -2.28. The van der Waals surface area contributed by atoms with Crippen molar-refractivity contribution in [2.45, 2.75) is 6.54 Å². The van der Waals surface area contributed by atoms with Crippen LogP contribution in [0.3, 0.4) is 0 Å². The van der Waals surface area contributed by atoms with E-state index in [9.17, 15) is 4.79 Å². The first-order chi connectivity index (χ1) is 12.6. The number of nitrogens with one attached hydrogen (secondary N) is 1. The third kappa shape index (κ3) is 4.77. The Labute approximate surface area is 155 Å². The smallest absolute Gasteiger partial charge is 0.258 e. The Balaban J connectivity index is 1.51. The van der Waals surface area contributed by atoms with E-state index in [0.29, 0.717) is 22.2 Å². The van der Waals surface area contributed by atoms with Gasteiger partial charge in [-0.2, -0.15) is 0 Å². The summed E-state index contributed by atoms with van der Waals surface area (Å²) in [4.78, 5) is 11.9. The van der Waals surface area contributed by atoms with Crippen molar-refractivity contribution in [2.75, 3.05) is 13.7 Å². The zero-order valence-corrected chi connectivity index (χ0v) is 14.8. The van der Waals surface area contributed by atoms with Gasteiger partial charge in [-0.3, -0.25) is 4.79 Å². The molecule has 7 heteroatoms. The van der Waals surface area contributed by atoms with E-state index >= 15 is 0 Å². The molecule has 134 valence electrons. The van der Waals surface area contributed by atoms with Gasteiger partial charge in [-0.15, -0.1) is 0 Å². The number of benzene rings is 2. The van der Waals surface area contributed by atoms with Crippen molar-refractivity contribution >= 4 is 17.5 Å². The second kappa shape index (κ2) is 8.40. The average molecular weight is 373 g/mol. The van der Waals surface area contributed by atoms with Gasteiger partial charge in [0.15, 0.2) is 12.4 Å². The van der Waals surface area contributed by atoms with Gasteiger partial charge in [-0.05, 0) is 36.4 Å². The average Bonchev–Trinajstić information content (AvgIpc) is 3.15. The van der Waals surface area contributed by atoms with Crippen molar-refractivity contribution in [3.8, 4) is 22.8 Å². The van der Waals surface area contributed by atoms with Crippen molar-refractivity contribution in [1.82, 2.24) is 10.5 Å².